The van der Waals surface area contributed by atoms with Crippen LogP contribution < -0.4 is 5.32 Å². The molecule has 0 radical (unpaired) electrons. The molecule has 0 aliphatic heterocycles. The molecule has 7 heteroatoms. The Bertz CT molecular complexity index is 758. The van der Waals surface area contributed by atoms with E-state index in [9.17, 15) is 14.3 Å². The fourth-order valence-electron chi connectivity index (χ4n) is 2.76. The maximum absolute atomic E-state index is 13.6. The zero-order chi connectivity index (χ0) is 18.6. The Kier molecular flexibility index (Phi) is 6.27. The molecular formula is C18H25FN4O2. The first-order valence-electron chi connectivity index (χ1n) is 8.20. The van der Waals surface area contributed by atoms with E-state index in [1.165, 1.54) is 6.07 Å². The number of aromatic nitrogens is 2. The standard InChI is InChI=1S/C18H25FN4O2/c1-12-16(19)6-5-7-17(12)20-18(25)11-23(8-9-24)10-15-13(2)21-22(4)14(15)3/h5-7,24H,8-11H2,1-4H3,(H,20,25). The molecular weight excluding hydrogens is 323 g/mol. The number of amides is 1. The summed E-state index contributed by atoms with van der Waals surface area (Å²) in [5, 5.41) is 16.4. The number of halogens is 1. The number of carbonyl (C=O) groups excluding carboxylic acids is 1. The third kappa shape index (κ3) is 4.64. The lowest BCUT2D eigenvalue weighted by Crippen LogP contribution is -2.35. The van der Waals surface area contributed by atoms with Gasteiger partial charge in [-0.25, -0.2) is 4.39 Å². The van der Waals surface area contributed by atoms with E-state index in [1.54, 1.807) is 23.7 Å². The number of aliphatic hydroxyl groups is 1. The van der Waals surface area contributed by atoms with E-state index in [0.29, 0.717) is 24.3 Å². The van der Waals surface area contributed by atoms with Crippen LogP contribution in [0.15, 0.2) is 18.2 Å². The predicted molar refractivity (Wildman–Crippen MR) is 94.8 cm³/mol. The molecule has 6 nitrogen and oxygen atoms in total. The van der Waals surface area contributed by atoms with Crippen molar-refractivity contribution in [2.24, 2.45) is 7.05 Å². The molecule has 1 aromatic heterocycles. The lowest BCUT2D eigenvalue weighted by atomic mass is 10.1. The number of carbonyl (C=O) groups is 1. The first kappa shape index (κ1) is 19.1. The number of aryl methyl sites for hydroxylation is 2. The zero-order valence-corrected chi connectivity index (χ0v) is 15.1. The van der Waals surface area contributed by atoms with Crippen molar-refractivity contribution in [3.8, 4) is 0 Å². The van der Waals surface area contributed by atoms with Crippen LogP contribution in [0.4, 0.5) is 10.1 Å². The van der Waals surface area contributed by atoms with Crippen LogP contribution in [0.1, 0.15) is 22.5 Å². The van der Waals surface area contributed by atoms with Gasteiger partial charge in [-0.1, -0.05) is 6.07 Å². The van der Waals surface area contributed by atoms with Gasteiger partial charge in [0.1, 0.15) is 5.82 Å². The number of nitrogens with zero attached hydrogens (tertiary/aromatic N) is 3. The Balaban J connectivity index is 2.07. The monoisotopic (exact) mass is 348 g/mol. The van der Waals surface area contributed by atoms with Crippen LogP contribution in [0.3, 0.4) is 0 Å². The van der Waals surface area contributed by atoms with Gasteiger partial charge >= 0.3 is 0 Å². The zero-order valence-electron chi connectivity index (χ0n) is 15.1. The second-order valence-electron chi connectivity index (χ2n) is 6.17. The lowest BCUT2D eigenvalue weighted by Gasteiger charge is -2.21. The van der Waals surface area contributed by atoms with Crippen molar-refractivity contribution in [1.29, 1.82) is 0 Å². The van der Waals surface area contributed by atoms with E-state index in [4.69, 9.17) is 0 Å². The van der Waals surface area contributed by atoms with Crippen LogP contribution in [-0.4, -0.2) is 45.4 Å². The number of benzene rings is 1. The number of rotatable bonds is 7. The van der Waals surface area contributed by atoms with E-state index in [0.717, 1.165) is 17.0 Å². The Hall–Kier alpha value is -2.25. The molecule has 0 saturated carbocycles. The van der Waals surface area contributed by atoms with E-state index in [2.05, 4.69) is 10.4 Å². The number of hydrogen-bond acceptors (Lipinski definition) is 4. The minimum absolute atomic E-state index is 0.0510. The summed E-state index contributed by atoms with van der Waals surface area (Å²) in [4.78, 5) is 14.2. The molecule has 0 aliphatic rings. The van der Waals surface area contributed by atoms with E-state index < -0.39 is 0 Å². The van der Waals surface area contributed by atoms with Gasteiger partial charge in [0.05, 0.1) is 18.8 Å². The summed E-state index contributed by atoms with van der Waals surface area (Å²) in [6.45, 7) is 6.46. The molecule has 1 aromatic carbocycles. The summed E-state index contributed by atoms with van der Waals surface area (Å²) in [7, 11) is 1.88. The molecule has 1 amide bonds. The summed E-state index contributed by atoms with van der Waals surface area (Å²) in [5.41, 5.74) is 3.85. The van der Waals surface area contributed by atoms with E-state index in [1.807, 2.05) is 25.8 Å². The molecule has 0 fully saturated rings. The molecule has 0 bridgehead atoms. The fourth-order valence-corrected chi connectivity index (χ4v) is 2.76. The largest absolute Gasteiger partial charge is 0.395 e. The molecule has 1 heterocycles. The lowest BCUT2D eigenvalue weighted by molar-refractivity contribution is -0.117. The normalized spacial score (nSPS) is 11.2. The molecule has 25 heavy (non-hydrogen) atoms. The van der Waals surface area contributed by atoms with Crippen molar-refractivity contribution in [1.82, 2.24) is 14.7 Å². The number of anilines is 1. The van der Waals surface area contributed by atoms with Crippen molar-refractivity contribution in [2.45, 2.75) is 27.3 Å². The van der Waals surface area contributed by atoms with Gasteiger partial charge in [-0.3, -0.25) is 14.4 Å². The molecule has 0 aliphatic carbocycles. The van der Waals surface area contributed by atoms with E-state index >= 15 is 0 Å². The van der Waals surface area contributed by atoms with Crippen molar-refractivity contribution in [2.75, 3.05) is 25.0 Å². The van der Waals surface area contributed by atoms with Crippen LogP contribution in [-0.2, 0) is 18.4 Å². The third-order valence-corrected chi connectivity index (χ3v) is 4.37. The van der Waals surface area contributed by atoms with Crippen LogP contribution in [0, 0.1) is 26.6 Å². The Morgan fingerprint density at radius 2 is 2.08 bits per heavy atom. The maximum atomic E-state index is 13.6. The van der Waals surface area contributed by atoms with Gasteiger partial charge in [-0.15, -0.1) is 0 Å². The average molecular weight is 348 g/mol. The summed E-state index contributed by atoms with van der Waals surface area (Å²) >= 11 is 0. The first-order chi connectivity index (χ1) is 11.8. The number of nitrogens with one attached hydrogen (secondary N) is 1. The second-order valence-corrected chi connectivity index (χ2v) is 6.17. The van der Waals surface area contributed by atoms with Gasteiger partial charge in [0.25, 0.3) is 0 Å². The quantitative estimate of drug-likeness (QED) is 0.802. The SMILES string of the molecule is Cc1nn(C)c(C)c1CN(CCO)CC(=O)Nc1cccc(F)c1C. The highest BCUT2D eigenvalue weighted by atomic mass is 19.1. The van der Waals surface area contributed by atoms with Crippen molar-refractivity contribution in [3.63, 3.8) is 0 Å². The van der Waals surface area contributed by atoms with Crippen molar-refractivity contribution < 1.29 is 14.3 Å². The minimum atomic E-state index is -0.355. The Labute approximate surface area is 147 Å². The third-order valence-electron chi connectivity index (χ3n) is 4.37. The van der Waals surface area contributed by atoms with Gasteiger partial charge in [-0.05, 0) is 32.9 Å². The molecule has 0 saturated heterocycles. The van der Waals surface area contributed by atoms with Gasteiger partial charge in [0.15, 0.2) is 0 Å². The van der Waals surface area contributed by atoms with Crippen LogP contribution in [0.25, 0.3) is 0 Å². The maximum Gasteiger partial charge on any atom is 0.238 e. The smallest absolute Gasteiger partial charge is 0.238 e. The highest BCUT2D eigenvalue weighted by molar-refractivity contribution is 5.92. The second kappa shape index (κ2) is 8.22. The van der Waals surface area contributed by atoms with Gasteiger partial charge < -0.3 is 10.4 Å². The van der Waals surface area contributed by atoms with Crippen molar-refractivity contribution in [3.05, 3.63) is 46.5 Å². The molecule has 2 N–H and O–H groups in total. The van der Waals surface area contributed by atoms with Crippen LogP contribution in [0.5, 0.6) is 0 Å². The molecule has 2 aromatic rings. The minimum Gasteiger partial charge on any atom is -0.395 e. The average Bonchev–Trinajstić information content (AvgIpc) is 2.78. The highest BCUT2D eigenvalue weighted by Gasteiger charge is 2.17. The van der Waals surface area contributed by atoms with E-state index in [-0.39, 0.29) is 24.9 Å². The summed E-state index contributed by atoms with van der Waals surface area (Å²) in [6.07, 6.45) is 0. The Morgan fingerprint density at radius 1 is 1.36 bits per heavy atom. The Morgan fingerprint density at radius 3 is 2.68 bits per heavy atom. The molecule has 0 unspecified atom stereocenters. The highest BCUT2D eigenvalue weighted by Crippen LogP contribution is 2.18. The van der Waals surface area contributed by atoms with Gasteiger partial charge in [0, 0.05) is 42.6 Å². The molecule has 0 spiro atoms. The summed E-state index contributed by atoms with van der Waals surface area (Å²) in [6, 6.07) is 4.59. The fraction of sp³-hybridized carbons (Fsp3) is 0.444. The predicted octanol–water partition coefficient (Wildman–Crippen LogP) is 1.92. The molecule has 0 atom stereocenters. The first-order valence-corrected chi connectivity index (χ1v) is 8.20. The van der Waals surface area contributed by atoms with Crippen LogP contribution >= 0.6 is 0 Å². The molecule has 136 valence electrons. The summed E-state index contributed by atoms with van der Waals surface area (Å²) in [5.74, 6) is -0.604. The van der Waals surface area contributed by atoms with Gasteiger partial charge in [-0.2, -0.15) is 5.10 Å². The van der Waals surface area contributed by atoms with Gasteiger partial charge in [0.2, 0.25) is 5.91 Å². The van der Waals surface area contributed by atoms with Crippen molar-refractivity contribution >= 4 is 11.6 Å². The van der Waals surface area contributed by atoms with Crippen LogP contribution in [0.2, 0.25) is 0 Å². The summed E-state index contributed by atoms with van der Waals surface area (Å²) < 4.78 is 15.4. The molecule has 2 rings (SSSR count). The number of aliphatic hydroxyl groups excluding tert-OH is 1. The number of hydrogen-bond donors (Lipinski definition) is 2. The topological polar surface area (TPSA) is 70.4 Å².